The normalized spacial score (nSPS) is 10.4. The van der Waals surface area contributed by atoms with Crippen molar-refractivity contribution < 1.29 is 9.53 Å². The molecule has 0 aromatic carbocycles. The Morgan fingerprint density at radius 3 is 2.89 bits per heavy atom. The van der Waals surface area contributed by atoms with Crippen molar-refractivity contribution in [3.8, 4) is 11.7 Å². The van der Waals surface area contributed by atoms with Gasteiger partial charge in [0.05, 0.1) is 18.4 Å². The summed E-state index contributed by atoms with van der Waals surface area (Å²) in [5.41, 5.74) is 11.6. The van der Waals surface area contributed by atoms with E-state index in [9.17, 15) is 4.79 Å². The Morgan fingerprint density at radius 1 is 1.47 bits per heavy atom. The van der Waals surface area contributed by atoms with Crippen LogP contribution in [-0.4, -0.2) is 32.3 Å². The van der Waals surface area contributed by atoms with Crippen LogP contribution in [0.1, 0.15) is 23.7 Å². The van der Waals surface area contributed by atoms with Crippen molar-refractivity contribution in [2.75, 3.05) is 12.3 Å². The zero-order valence-electron chi connectivity index (χ0n) is 10.4. The third kappa shape index (κ3) is 2.62. The molecule has 4 N–H and O–H groups in total. The Bertz CT molecular complexity index is 595. The molecule has 2 rings (SSSR count). The first kappa shape index (κ1) is 12.8. The highest BCUT2D eigenvalue weighted by molar-refractivity contribution is 5.92. The highest BCUT2D eigenvalue weighted by Gasteiger charge is 2.13. The molecular weight excluding hydrogens is 248 g/mol. The van der Waals surface area contributed by atoms with Gasteiger partial charge in [-0.25, -0.2) is 9.67 Å². The van der Waals surface area contributed by atoms with Gasteiger partial charge in [0, 0.05) is 6.20 Å². The molecule has 0 aliphatic carbocycles. The number of hydrogen-bond donors (Lipinski definition) is 2. The molecule has 0 aliphatic heterocycles. The predicted octanol–water partition coefficient (Wildman–Crippen LogP) is 0.132. The Labute approximate surface area is 109 Å². The Balaban J connectivity index is 2.35. The number of amides is 1. The average molecular weight is 262 g/mol. The fraction of sp³-hybridized carbons (Fsp3) is 0.273. The highest BCUT2D eigenvalue weighted by atomic mass is 16.5. The topological polar surface area (TPSA) is 122 Å². The van der Waals surface area contributed by atoms with Gasteiger partial charge in [-0.15, -0.1) is 0 Å². The van der Waals surface area contributed by atoms with Gasteiger partial charge < -0.3 is 16.2 Å². The minimum absolute atomic E-state index is 0.259. The maximum atomic E-state index is 11.0. The van der Waals surface area contributed by atoms with Gasteiger partial charge in [0.2, 0.25) is 5.88 Å². The first-order valence-electron chi connectivity index (χ1n) is 5.71. The Morgan fingerprint density at radius 2 is 2.26 bits per heavy atom. The minimum atomic E-state index is -0.568. The van der Waals surface area contributed by atoms with Crippen molar-refractivity contribution in [3.05, 3.63) is 24.3 Å². The summed E-state index contributed by atoms with van der Waals surface area (Å²) in [6, 6.07) is 0. The number of nitrogens with two attached hydrogens (primary N) is 2. The molecule has 0 fully saturated rings. The molecule has 0 unspecified atom stereocenters. The zero-order valence-corrected chi connectivity index (χ0v) is 10.4. The summed E-state index contributed by atoms with van der Waals surface area (Å²) in [4.78, 5) is 19.0. The number of anilines is 1. The van der Waals surface area contributed by atoms with Crippen molar-refractivity contribution in [2.24, 2.45) is 5.73 Å². The monoisotopic (exact) mass is 262 g/mol. The fourth-order valence-electron chi connectivity index (χ4n) is 1.43. The van der Waals surface area contributed by atoms with Crippen LogP contribution in [0.4, 0.5) is 5.69 Å². The lowest BCUT2D eigenvalue weighted by Gasteiger charge is -2.09. The van der Waals surface area contributed by atoms with Gasteiger partial charge in [-0.3, -0.25) is 4.79 Å². The van der Waals surface area contributed by atoms with E-state index in [0.29, 0.717) is 18.3 Å². The largest absolute Gasteiger partial charge is 0.476 e. The van der Waals surface area contributed by atoms with Crippen LogP contribution in [0.25, 0.3) is 5.82 Å². The van der Waals surface area contributed by atoms with Gasteiger partial charge in [0.25, 0.3) is 5.91 Å². The number of nitrogen functional groups attached to an aromatic ring is 1. The molecule has 19 heavy (non-hydrogen) atoms. The van der Waals surface area contributed by atoms with Crippen molar-refractivity contribution in [3.63, 3.8) is 0 Å². The summed E-state index contributed by atoms with van der Waals surface area (Å²) in [5, 5.41) is 3.98. The summed E-state index contributed by atoms with van der Waals surface area (Å²) in [6.45, 7) is 2.48. The van der Waals surface area contributed by atoms with E-state index in [1.54, 1.807) is 0 Å². The smallest absolute Gasteiger partial charge is 0.251 e. The van der Waals surface area contributed by atoms with E-state index in [1.807, 2.05) is 6.92 Å². The van der Waals surface area contributed by atoms with E-state index in [1.165, 1.54) is 23.4 Å². The van der Waals surface area contributed by atoms with Crippen LogP contribution in [-0.2, 0) is 0 Å². The number of carbonyl (C=O) groups excluding carboxylic acids is 1. The quantitative estimate of drug-likeness (QED) is 0.789. The van der Waals surface area contributed by atoms with Crippen molar-refractivity contribution in [1.29, 1.82) is 0 Å². The van der Waals surface area contributed by atoms with Gasteiger partial charge >= 0.3 is 0 Å². The first-order valence-corrected chi connectivity index (χ1v) is 5.71. The molecule has 0 saturated heterocycles. The second kappa shape index (κ2) is 5.34. The Hall–Kier alpha value is -2.64. The number of nitrogens with zero attached hydrogens (tertiary/aromatic N) is 4. The number of aromatic nitrogens is 4. The molecule has 0 aliphatic rings. The van der Waals surface area contributed by atoms with Crippen molar-refractivity contribution in [2.45, 2.75) is 13.3 Å². The molecule has 0 saturated carbocycles. The zero-order chi connectivity index (χ0) is 13.8. The van der Waals surface area contributed by atoms with Gasteiger partial charge in [-0.05, 0) is 6.42 Å². The highest BCUT2D eigenvalue weighted by Crippen LogP contribution is 2.23. The SMILES string of the molecule is CCCOc1ncnc(-n2cc(C(N)=O)cn2)c1N. The molecule has 0 radical (unpaired) electrons. The summed E-state index contributed by atoms with van der Waals surface area (Å²) in [5.74, 6) is 0.0675. The first-order chi connectivity index (χ1) is 9.13. The van der Waals surface area contributed by atoms with E-state index in [-0.39, 0.29) is 11.3 Å². The summed E-state index contributed by atoms with van der Waals surface area (Å²) >= 11 is 0. The second-order valence-electron chi connectivity index (χ2n) is 3.80. The molecule has 2 heterocycles. The number of primary amides is 1. The van der Waals surface area contributed by atoms with Gasteiger partial charge in [0.15, 0.2) is 5.82 Å². The molecule has 0 atom stereocenters. The Kier molecular flexibility index (Phi) is 3.60. The molecule has 0 bridgehead atoms. The van der Waals surface area contributed by atoms with Crippen LogP contribution in [0, 0.1) is 0 Å². The molecule has 8 heteroatoms. The van der Waals surface area contributed by atoms with Gasteiger partial charge in [-0.2, -0.15) is 10.1 Å². The van der Waals surface area contributed by atoms with Crippen LogP contribution >= 0.6 is 0 Å². The number of ether oxygens (including phenoxy) is 1. The third-order valence-electron chi connectivity index (χ3n) is 2.35. The molecule has 2 aromatic heterocycles. The number of hydrogen-bond acceptors (Lipinski definition) is 6. The predicted molar refractivity (Wildman–Crippen MR) is 67.9 cm³/mol. The van der Waals surface area contributed by atoms with E-state index in [2.05, 4.69) is 15.1 Å². The van der Waals surface area contributed by atoms with Crippen LogP contribution < -0.4 is 16.2 Å². The molecule has 100 valence electrons. The lowest BCUT2D eigenvalue weighted by atomic mass is 10.3. The molecular formula is C11H14N6O2. The molecule has 8 nitrogen and oxygen atoms in total. The van der Waals surface area contributed by atoms with Gasteiger partial charge in [0.1, 0.15) is 12.0 Å². The van der Waals surface area contributed by atoms with Crippen molar-refractivity contribution >= 4 is 11.6 Å². The summed E-state index contributed by atoms with van der Waals surface area (Å²) < 4.78 is 6.75. The van der Waals surface area contributed by atoms with Crippen LogP contribution in [0.15, 0.2) is 18.7 Å². The van der Waals surface area contributed by atoms with E-state index < -0.39 is 5.91 Å². The van der Waals surface area contributed by atoms with Crippen LogP contribution in [0.3, 0.4) is 0 Å². The van der Waals surface area contributed by atoms with E-state index in [4.69, 9.17) is 16.2 Å². The van der Waals surface area contributed by atoms with Gasteiger partial charge in [-0.1, -0.05) is 6.92 Å². The maximum absolute atomic E-state index is 11.0. The minimum Gasteiger partial charge on any atom is -0.476 e. The molecule has 2 aromatic rings. The number of rotatable bonds is 5. The lowest BCUT2D eigenvalue weighted by Crippen LogP contribution is -2.10. The number of carbonyl (C=O) groups is 1. The second-order valence-corrected chi connectivity index (χ2v) is 3.80. The van der Waals surface area contributed by atoms with Crippen LogP contribution in [0.5, 0.6) is 5.88 Å². The lowest BCUT2D eigenvalue weighted by molar-refractivity contribution is 0.100. The fourth-order valence-corrected chi connectivity index (χ4v) is 1.43. The van der Waals surface area contributed by atoms with E-state index >= 15 is 0 Å². The van der Waals surface area contributed by atoms with Crippen molar-refractivity contribution in [1.82, 2.24) is 19.7 Å². The third-order valence-corrected chi connectivity index (χ3v) is 2.35. The average Bonchev–Trinajstić information content (AvgIpc) is 2.87. The molecule has 1 amide bonds. The maximum Gasteiger partial charge on any atom is 0.251 e. The standard InChI is InChI=1S/C11H14N6O2/c1-2-3-19-11-8(12)10(14-6-15-11)17-5-7(4-16-17)9(13)18/h4-6H,2-3,12H2,1H3,(H2,13,18). The van der Waals surface area contributed by atoms with Crippen LogP contribution in [0.2, 0.25) is 0 Å². The molecule has 0 spiro atoms. The summed E-state index contributed by atoms with van der Waals surface area (Å²) in [7, 11) is 0. The van der Waals surface area contributed by atoms with E-state index in [0.717, 1.165) is 6.42 Å². The summed E-state index contributed by atoms with van der Waals surface area (Å²) in [6.07, 6.45) is 4.95.